The average Bonchev–Trinajstić information content (AvgIpc) is 2.49. The fraction of sp³-hybridized carbons (Fsp3) is 0.267. The minimum Gasteiger partial charge on any atom is -0.494 e. The Labute approximate surface area is 123 Å². The van der Waals surface area contributed by atoms with E-state index >= 15 is 0 Å². The van der Waals surface area contributed by atoms with Gasteiger partial charge >= 0.3 is 0 Å². The van der Waals surface area contributed by atoms with Crippen LogP contribution in [-0.4, -0.2) is 23.2 Å². The van der Waals surface area contributed by atoms with Gasteiger partial charge < -0.3 is 15.2 Å². The Bertz CT molecular complexity index is 535. The Kier molecular flexibility index (Phi) is 5.65. The van der Waals surface area contributed by atoms with Gasteiger partial charge in [-0.15, -0.1) is 0 Å². The standard InChI is InChI=1S/C15H17ClN2O2/c16-14-9-12(11-19)10-18-15(14)17-7-4-8-20-13-5-2-1-3-6-13/h1-3,5-6,9-10,19H,4,7-8,11H2,(H,17,18). The first-order valence-corrected chi connectivity index (χ1v) is 6.84. The van der Waals surface area contributed by atoms with Gasteiger partial charge in [-0.05, 0) is 30.2 Å². The van der Waals surface area contributed by atoms with Crippen molar-refractivity contribution >= 4 is 17.4 Å². The second-order valence-corrected chi connectivity index (χ2v) is 4.68. The van der Waals surface area contributed by atoms with Crippen molar-refractivity contribution in [2.45, 2.75) is 13.0 Å². The van der Waals surface area contributed by atoms with Crippen LogP contribution < -0.4 is 10.1 Å². The zero-order valence-corrected chi connectivity index (χ0v) is 11.8. The molecule has 2 rings (SSSR count). The molecule has 2 aromatic rings. The van der Waals surface area contributed by atoms with Crippen molar-refractivity contribution in [3.8, 4) is 5.75 Å². The van der Waals surface area contributed by atoms with Gasteiger partial charge in [0.1, 0.15) is 11.6 Å². The Morgan fingerprint density at radius 3 is 2.75 bits per heavy atom. The van der Waals surface area contributed by atoms with E-state index in [0.717, 1.165) is 18.7 Å². The number of aliphatic hydroxyl groups excluding tert-OH is 1. The van der Waals surface area contributed by atoms with Crippen molar-refractivity contribution in [3.63, 3.8) is 0 Å². The summed E-state index contributed by atoms with van der Waals surface area (Å²) in [6, 6.07) is 11.4. The maximum absolute atomic E-state index is 8.97. The summed E-state index contributed by atoms with van der Waals surface area (Å²) < 4.78 is 5.58. The predicted octanol–water partition coefficient (Wildman–Crippen LogP) is 3.11. The quantitative estimate of drug-likeness (QED) is 0.770. The molecule has 1 heterocycles. The number of rotatable bonds is 7. The highest BCUT2D eigenvalue weighted by molar-refractivity contribution is 6.32. The van der Waals surface area contributed by atoms with Gasteiger partial charge in [-0.3, -0.25) is 0 Å². The lowest BCUT2D eigenvalue weighted by molar-refractivity contribution is 0.281. The van der Waals surface area contributed by atoms with Gasteiger partial charge in [0.2, 0.25) is 0 Å². The molecule has 0 aliphatic rings. The van der Waals surface area contributed by atoms with E-state index in [-0.39, 0.29) is 6.61 Å². The number of aliphatic hydroxyl groups is 1. The second-order valence-electron chi connectivity index (χ2n) is 4.27. The number of nitrogens with one attached hydrogen (secondary N) is 1. The molecule has 4 nitrogen and oxygen atoms in total. The first-order chi connectivity index (χ1) is 9.79. The number of para-hydroxylation sites is 1. The lowest BCUT2D eigenvalue weighted by atomic mass is 10.3. The molecule has 106 valence electrons. The summed E-state index contributed by atoms with van der Waals surface area (Å²) in [6.07, 6.45) is 2.45. The number of halogens is 1. The second kappa shape index (κ2) is 7.72. The van der Waals surface area contributed by atoms with Crippen LogP contribution in [0.25, 0.3) is 0 Å². The molecule has 0 saturated heterocycles. The lowest BCUT2D eigenvalue weighted by Gasteiger charge is -2.09. The largest absolute Gasteiger partial charge is 0.494 e. The number of nitrogens with zero attached hydrogens (tertiary/aromatic N) is 1. The summed E-state index contributed by atoms with van der Waals surface area (Å²) in [5.74, 6) is 1.50. The molecule has 20 heavy (non-hydrogen) atoms. The summed E-state index contributed by atoms with van der Waals surface area (Å²) in [6.45, 7) is 1.29. The number of benzene rings is 1. The summed E-state index contributed by atoms with van der Waals surface area (Å²) in [7, 11) is 0. The van der Waals surface area contributed by atoms with Gasteiger partial charge in [-0.1, -0.05) is 29.8 Å². The summed E-state index contributed by atoms with van der Waals surface area (Å²) in [5.41, 5.74) is 0.702. The van der Waals surface area contributed by atoms with E-state index in [1.165, 1.54) is 0 Å². The maximum Gasteiger partial charge on any atom is 0.144 e. The monoisotopic (exact) mass is 292 g/mol. The van der Waals surface area contributed by atoms with Crippen molar-refractivity contribution in [1.29, 1.82) is 0 Å². The van der Waals surface area contributed by atoms with Gasteiger partial charge in [0.25, 0.3) is 0 Å². The van der Waals surface area contributed by atoms with Crippen molar-refractivity contribution in [2.24, 2.45) is 0 Å². The van der Waals surface area contributed by atoms with E-state index in [9.17, 15) is 0 Å². The van der Waals surface area contributed by atoms with E-state index in [1.54, 1.807) is 12.3 Å². The van der Waals surface area contributed by atoms with Crippen molar-refractivity contribution in [1.82, 2.24) is 4.98 Å². The van der Waals surface area contributed by atoms with Crippen molar-refractivity contribution in [2.75, 3.05) is 18.5 Å². The molecule has 0 fully saturated rings. The van der Waals surface area contributed by atoms with Gasteiger partial charge in [-0.25, -0.2) is 4.98 Å². The van der Waals surface area contributed by atoms with E-state index in [1.807, 2.05) is 30.3 Å². The number of hydrogen-bond acceptors (Lipinski definition) is 4. The Balaban J connectivity index is 1.71. The molecular weight excluding hydrogens is 276 g/mol. The fourth-order valence-corrected chi connectivity index (χ4v) is 1.94. The van der Waals surface area contributed by atoms with Crippen LogP contribution in [0.3, 0.4) is 0 Å². The minimum atomic E-state index is -0.0576. The summed E-state index contributed by atoms with van der Waals surface area (Å²) in [5, 5.41) is 12.6. The topological polar surface area (TPSA) is 54.4 Å². The molecule has 5 heteroatoms. The Hall–Kier alpha value is -1.78. The molecule has 2 N–H and O–H groups in total. The molecule has 0 bridgehead atoms. The molecule has 0 saturated carbocycles. The molecule has 0 amide bonds. The normalized spacial score (nSPS) is 10.3. The zero-order valence-electron chi connectivity index (χ0n) is 11.1. The average molecular weight is 293 g/mol. The van der Waals surface area contributed by atoms with Crippen LogP contribution in [0.4, 0.5) is 5.82 Å². The van der Waals surface area contributed by atoms with Crippen LogP contribution >= 0.6 is 11.6 Å². The molecule has 0 unspecified atom stereocenters. The van der Waals surface area contributed by atoms with Gasteiger partial charge in [-0.2, -0.15) is 0 Å². The highest BCUT2D eigenvalue weighted by Crippen LogP contribution is 2.20. The maximum atomic E-state index is 8.97. The van der Waals surface area contributed by atoms with E-state index in [0.29, 0.717) is 23.0 Å². The molecule has 0 atom stereocenters. The molecule has 1 aromatic heterocycles. The number of aromatic nitrogens is 1. The molecule has 0 aliphatic heterocycles. The summed E-state index contributed by atoms with van der Waals surface area (Å²) in [4.78, 5) is 4.16. The number of pyridine rings is 1. The Morgan fingerprint density at radius 2 is 2.05 bits per heavy atom. The van der Waals surface area contributed by atoms with Crippen LogP contribution in [0.1, 0.15) is 12.0 Å². The Morgan fingerprint density at radius 1 is 1.25 bits per heavy atom. The van der Waals surface area contributed by atoms with Crippen LogP contribution in [0.15, 0.2) is 42.6 Å². The zero-order chi connectivity index (χ0) is 14.2. The fourth-order valence-electron chi connectivity index (χ4n) is 1.68. The van der Waals surface area contributed by atoms with E-state index in [4.69, 9.17) is 21.4 Å². The predicted molar refractivity (Wildman–Crippen MR) is 80.2 cm³/mol. The first kappa shape index (κ1) is 14.6. The first-order valence-electron chi connectivity index (χ1n) is 6.46. The van der Waals surface area contributed by atoms with Crippen molar-refractivity contribution < 1.29 is 9.84 Å². The van der Waals surface area contributed by atoms with Crippen LogP contribution in [0.5, 0.6) is 5.75 Å². The van der Waals surface area contributed by atoms with Gasteiger partial charge in [0.15, 0.2) is 0 Å². The van der Waals surface area contributed by atoms with Gasteiger partial charge in [0.05, 0.1) is 18.2 Å². The van der Waals surface area contributed by atoms with Crippen LogP contribution in [0, 0.1) is 0 Å². The summed E-state index contributed by atoms with van der Waals surface area (Å²) >= 11 is 6.05. The van der Waals surface area contributed by atoms with Crippen LogP contribution in [0.2, 0.25) is 5.02 Å². The molecule has 0 aliphatic carbocycles. The SMILES string of the molecule is OCc1cnc(NCCCOc2ccccc2)c(Cl)c1. The molecule has 0 radical (unpaired) electrons. The van der Waals surface area contributed by atoms with Crippen molar-refractivity contribution in [3.05, 3.63) is 53.2 Å². The number of ether oxygens (including phenoxy) is 1. The number of hydrogen-bond donors (Lipinski definition) is 2. The van der Waals surface area contributed by atoms with E-state index < -0.39 is 0 Å². The molecular formula is C15H17ClN2O2. The molecule has 1 aromatic carbocycles. The van der Waals surface area contributed by atoms with Gasteiger partial charge in [0, 0.05) is 12.7 Å². The van der Waals surface area contributed by atoms with E-state index in [2.05, 4.69) is 10.3 Å². The minimum absolute atomic E-state index is 0.0576. The highest BCUT2D eigenvalue weighted by Gasteiger charge is 2.02. The van der Waals surface area contributed by atoms with Crippen LogP contribution in [-0.2, 0) is 6.61 Å². The third-order valence-electron chi connectivity index (χ3n) is 2.71. The lowest BCUT2D eigenvalue weighted by Crippen LogP contribution is -2.08. The molecule has 0 spiro atoms. The third kappa shape index (κ3) is 4.40. The third-order valence-corrected chi connectivity index (χ3v) is 2.99. The highest BCUT2D eigenvalue weighted by atomic mass is 35.5. The number of anilines is 1. The smallest absolute Gasteiger partial charge is 0.144 e.